The van der Waals surface area contributed by atoms with Gasteiger partial charge in [0.05, 0.1) is 5.69 Å². The van der Waals surface area contributed by atoms with Crippen molar-refractivity contribution in [1.29, 1.82) is 0 Å². The van der Waals surface area contributed by atoms with E-state index >= 15 is 0 Å². The van der Waals surface area contributed by atoms with Gasteiger partial charge in [-0.1, -0.05) is 10.3 Å². The van der Waals surface area contributed by atoms with Gasteiger partial charge in [-0.2, -0.15) is 0 Å². The van der Waals surface area contributed by atoms with E-state index in [1.807, 2.05) is 13.0 Å². The Morgan fingerprint density at radius 3 is 2.90 bits per heavy atom. The number of hydrogen-bond acceptors (Lipinski definition) is 7. The summed E-state index contributed by atoms with van der Waals surface area (Å²) >= 11 is 1.60. The summed E-state index contributed by atoms with van der Waals surface area (Å²) in [6.45, 7) is 1.90. The second kappa shape index (κ2) is 6.90. The van der Waals surface area contributed by atoms with E-state index in [0.29, 0.717) is 5.69 Å². The molecule has 0 aromatic carbocycles. The molecule has 2 aromatic heterocycles. The number of amidine groups is 1. The smallest absolute Gasteiger partial charge is 0.190 e. The highest BCUT2D eigenvalue weighted by atomic mass is 32.2. The topological polar surface area (TPSA) is 110 Å². The van der Waals surface area contributed by atoms with Crippen molar-refractivity contribution in [3.63, 3.8) is 0 Å². The molecule has 0 aliphatic heterocycles. The zero-order valence-electron chi connectivity index (χ0n) is 11.0. The molecule has 0 radical (unpaired) electrons. The lowest BCUT2D eigenvalue weighted by Gasteiger charge is -2.00. The van der Waals surface area contributed by atoms with Crippen LogP contribution in [0, 0.1) is 6.92 Å². The van der Waals surface area contributed by atoms with Gasteiger partial charge in [-0.3, -0.25) is 0 Å². The summed E-state index contributed by atoms with van der Waals surface area (Å²) in [7, 11) is 0. The highest BCUT2D eigenvalue weighted by Gasteiger charge is 2.04. The summed E-state index contributed by atoms with van der Waals surface area (Å²) in [4.78, 5) is 0. The third kappa shape index (κ3) is 3.95. The highest BCUT2D eigenvalue weighted by Crippen LogP contribution is 2.16. The molecule has 20 heavy (non-hydrogen) atoms. The van der Waals surface area contributed by atoms with Gasteiger partial charge in [-0.25, -0.2) is 0 Å². The van der Waals surface area contributed by atoms with Gasteiger partial charge in [0, 0.05) is 12.5 Å². The van der Waals surface area contributed by atoms with Gasteiger partial charge in [0.1, 0.15) is 16.5 Å². The van der Waals surface area contributed by atoms with Gasteiger partial charge in [-0.05, 0) is 31.2 Å². The van der Waals surface area contributed by atoms with E-state index in [9.17, 15) is 0 Å². The van der Waals surface area contributed by atoms with Gasteiger partial charge in [-0.15, -0.1) is 22.0 Å². The molecule has 0 unspecified atom stereocenters. The Bertz CT molecular complexity index is 582. The van der Waals surface area contributed by atoms with Crippen LogP contribution < -0.4 is 5.73 Å². The van der Waals surface area contributed by atoms with Crippen LogP contribution >= 0.6 is 11.8 Å². The van der Waals surface area contributed by atoms with Crippen LogP contribution in [-0.2, 0) is 6.42 Å². The largest absolute Gasteiger partial charge is 0.409 e. The molecule has 0 saturated heterocycles. The molecule has 106 valence electrons. The molecule has 2 aromatic rings. The normalized spacial score (nSPS) is 11.8. The molecule has 3 N–H and O–H groups in total. The first kappa shape index (κ1) is 14.3. The maximum absolute atomic E-state index is 8.52. The molecule has 0 aliphatic rings. The summed E-state index contributed by atoms with van der Waals surface area (Å²) in [6, 6.07) is 5.41. The zero-order valence-corrected chi connectivity index (χ0v) is 11.8. The van der Waals surface area contributed by atoms with Gasteiger partial charge >= 0.3 is 0 Å². The summed E-state index contributed by atoms with van der Waals surface area (Å²) in [6.07, 6.45) is 1.81. The molecular weight excluding hydrogens is 278 g/mol. The number of hydrogen-bond donors (Lipinski definition) is 2. The molecule has 0 bridgehead atoms. The van der Waals surface area contributed by atoms with E-state index in [-0.39, 0.29) is 5.84 Å². The third-order valence-corrected chi connectivity index (χ3v) is 3.51. The standard InChI is InChI=1S/C12H15N5O2S/c1-8-7-9(19-17-8)3-2-6-20-11-5-4-10(14-15-11)12(13)16-18/h4-5,7,18H,2-3,6H2,1H3,(H2,13,16). The van der Waals surface area contributed by atoms with Crippen molar-refractivity contribution in [3.05, 3.63) is 35.3 Å². The minimum Gasteiger partial charge on any atom is -0.409 e. The van der Waals surface area contributed by atoms with Gasteiger partial charge in [0.15, 0.2) is 5.84 Å². The van der Waals surface area contributed by atoms with E-state index in [1.54, 1.807) is 23.9 Å². The number of thioether (sulfide) groups is 1. The maximum atomic E-state index is 8.52. The Balaban J connectivity index is 1.77. The average molecular weight is 293 g/mol. The van der Waals surface area contributed by atoms with E-state index < -0.39 is 0 Å². The average Bonchev–Trinajstić information content (AvgIpc) is 2.89. The predicted molar refractivity (Wildman–Crippen MR) is 74.8 cm³/mol. The molecule has 2 heterocycles. The first-order valence-corrected chi connectivity index (χ1v) is 7.04. The van der Waals surface area contributed by atoms with Crippen molar-refractivity contribution in [2.75, 3.05) is 5.75 Å². The molecular formula is C12H15N5O2S. The summed E-state index contributed by atoms with van der Waals surface area (Å²) in [5.74, 6) is 1.75. The fourth-order valence-electron chi connectivity index (χ4n) is 1.54. The molecule has 0 saturated carbocycles. The number of aromatic nitrogens is 3. The Morgan fingerprint density at radius 2 is 2.30 bits per heavy atom. The fourth-order valence-corrected chi connectivity index (χ4v) is 2.30. The number of oxime groups is 1. The Morgan fingerprint density at radius 1 is 1.45 bits per heavy atom. The lowest BCUT2D eigenvalue weighted by Crippen LogP contribution is -2.15. The van der Waals surface area contributed by atoms with E-state index in [1.165, 1.54) is 0 Å². The minimum absolute atomic E-state index is 0.0465. The van der Waals surface area contributed by atoms with Crippen LogP contribution in [0.3, 0.4) is 0 Å². The second-order valence-electron chi connectivity index (χ2n) is 4.13. The van der Waals surface area contributed by atoms with Crippen LogP contribution in [0.4, 0.5) is 0 Å². The lowest BCUT2D eigenvalue weighted by molar-refractivity contribution is 0.318. The SMILES string of the molecule is Cc1cc(CCCSc2ccc(C(N)=NO)nn2)on1. The quantitative estimate of drug-likeness (QED) is 0.208. The van der Waals surface area contributed by atoms with Gasteiger partial charge < -0.3 is 15.5 Å². The summed E-state index contributed by atoms with van der Waals surface area (Å²) in [5.41, 5.74) is 6.66. The molecule has 0 atom stereocenters. The predicted octanol–water partition coefficient (Wildman–Crippen LogP) is 1.59. The van der Waals surface area contributed by atoms with Gasteiger partial charge in [0.2, 0.25) is 0 Å². The second-order valence-corrected chi connectivity index (χ2v) is 5.24. The third-order valence-electron chi connectivity index (χ3n) is 2.50. The number of nitrogens with two attached hydrogens (primary N) is 1. The highest BCUT2D eigenvalue weighted by molar-refractivity contribution is 7.99. The maximum Gasteiger partial charge on any atom is 0.190 e. The van der Waals surface area contributed by atoms with Crippen molar-refractivity contribution >= 4 is 17.6 Å². The van der Waals surface area contributed by atoms with Crippen molar-refractivity contribution in [3.8, 4) is 0 Å². The lowest BCUT2D eigenvalue weighted by atomic mass is 10.2. The fraction of sp³-hybridized carbons (Fsp3) is 0.333. The first-order valence-electron chi connectivity index (χ1n) is 6.05. The van der Waals surface area contributed by atoms with Crippen LogP contribution in [0.25, 0.3) is 0 Å². The summed E-state index contributed by atoms with van der Waals surface area (Å²) < 4.78 is 5.13. The molecule has 2 rings (SSSR count). The Hall–Kier alpha value is -2.09. The molecule has 0 spiro atoms. The van der Waals surface area contributed by atoms with Crippen molar-refractivity contribution in [2.24, 2.45) is 10.9 Å². The molecule has 0 aliphatic carbocycles. The van der Waals surface area contributed by atoms with Crippen molar-refractivity contribution in [1.82, 2.24) is 15.4 Å². The number of rotatable bonds is 6. The van der Waals surface area contributed by atoms with E-state index in [4.69, 9.17) is 15.5 Å². The monoisotopic (exact) mass is 293 g/mol. The Labute approximate surface area is 120 Å². The number of nitrogens with zero attached hydrogens (tertiary/aromatic N) is 4. The van der Waals surface area contributed by atoms with Gasteiger partial charge in [0.25, 0.3) is 0 Å². The minimum atomic E-state index is -0.0465. The van der Waals surface area contributed by atoms with Crippen LogP contribution in [0.15, 0.2) is 32.9 Å². The number of aryl methyl sites for hydroxylation is 2. The van der Waals surface area contributed by atoms with Crippen LogP contribution in [-0.4, -0.2) is 32.1 Å². The van der Waals surface area contributed by atoms with Crippen molar-refractivity contribution in [2.45, 2.75) is 24.8 Å². The molecule has 0 amide bonds. The zero-order chi connectivity index (χ0) is 14.4. The van der Waals surface area contributed by atoms with Crippen LogP contribution in [0.5, 0.6) is 0 Å². The van der Waals surface area contributed by atoms with Crippen molar-refractivity contribution < 1.29 is 9.73 Å². The van der Waals surface area contributed by atoms with E-state index in [0.717, 1.165) is 35.1 Å². The summed E-state index contributed by atoms with van der Waals surface area (Å²) in [5, 5.41) is 23.9. The first-order chi connectivity index (χ1) is 9.69. The molecule has 8 heteroatoms. The molecule has 7 nitrogen and oxygen atoms in total. The Kier molecular flexibility index (Phi) is 4.94. The van der Waals surface area contributed by atoms with E-state index in [2.05, 4.69) is 20.5 Å². The molecule has 0 fully saturated rings. The van der Waals surface area contributed by atoms with Crippen LogP contribution in [0.2, 0.25) is 0 Å². The van der Waals surface area contributed by atoms with Crippen LogP contribution in [0.1, 0.15) is 23.6 Å².